The molecular weight excluding hydrogens is 328 g/mol. The molecule has 0 fully saturated rings. The molecule has 2 aromatic heterocycles. The van der Waals surface area contributed by atoms with Gasteiger partial charge in [-0.15, -0.1) is 0 Å². The van der Waals surface area contributed by atoms with Crippen LogP contribution in [0.1, 0.15) is 35.6 Å². The van der Waals surface area contributed by atoms with Crippen LogP contribution in [0.4, 0.5) is 0 Å². The molecule has 1 atom stereocenters. The first-order chi connectivity index (χ1) is 12.6. The van der Waals surface area contributed by atoms with Gasteiger partial charge in [-0.3, -0.25) is 4.79 Å². The largest absolute Gasteiger partial charge is 0.469 e. The Kier molecular flexibility index (Phi) is 5.16. The second kappa shape index (κ2) is 7.52. The molecule has 5 heteroatoms. The maximum atomic E-state index is 12.5. The molecule has 5 nitrogen and oxygen atoms in total. The first-order valence-corrected chi connectivity index (χ1v) is 8.63. The van der Waals surface area contributed by atoms with Crippen LogP contribution in [0, 0.1) is 13.8 Å². The van der Waals surface area contributed by atoms with Crippen molar-refractivity contribution in [3.63, 3.8) is 0 Å². The van der Waals surface area contributed by atoms with Crippen LogP contribution in [-0.4, -0.2) is 28.7 Å². The number of ether oxygens (including phenoxy) is 1. The molecule has 0 bridgehead atoms. The minimum atomic E-state index is -0.559. The van der Waals surface area contributed by atoms with Crippen LogP contribution in [0.3, 0.4) is 0 Å². The lowest BCUT2D eigenvalue weighted by atomic mass is 9.94. The third kappa shape index (κ3) is 3.25. The van der Waals surface area contributed by atoms with Crippen molar-refractivity contribution < 1.29 is 14.3 Å². The minimum Gasteiger partial charge on any atom is -0.469 e. The summed E-state index contributed by atoms with van der Waals surface area (Å²) in [4.78, 5) is 28.3. The van der Waals surface area contributed by atoms with Crippen molar-refractivity contribution in [3.8, 4) is 11.3 Å². The SMILES string of the molecule is COC(=O)C(CCC=O)c1c(-c2ccccc2C)nc2ccc(C)cn12. The number of aromatic nitrogens is 2. The molecule has 0 aliphatic carbocycles. The highest BCUT2D eigenvalue weighted by molar-refractivity contribution is 5.83. The van der Waals surface area contributed by atoms with Crippen molar-refractivity contribution in [2.75, 3.05) is 7.11 Å². The highest BCUT2D eigenvalue weighted by atomic mass is 16.5. The van der Waals surface area contributed by atoms with E-state index >= 15 is 0 Å². The zero-order chi connectivity index (χ0) is 18.7. The van der Waals surface area contributed by atoms with E-state index in [9.17, 15) is 9.59 Å². The monoisotopic (exact) mass is 350 g/mol. The summed E-state index contributed by atoms with van der Waals surface area (Å²) in [6.45, 7) is 4.02. The van der Waals surface area contributed by atoms with Crippen molar-refractivity contribution in [1.82, 2.24) is 9.38 Å². The van der Waals surface area contributed by atoms with E-state index in [1.54, 1.807) is 0 Å². The standard InChI is InChI=1S/C21H22N2O3/c1-14-10-11-18-22-19(16-8-5-4-7-15(16)2)20(23(18)13-14)17(9-6-12-24)21(25)26-3/h4-5,7-8,10-13,17H,6,9H2,1-3H3. The molecule has 0 N–H and O–H groups in total. The Bertz CT molecular complexity index is 959. The Balaban J connectivity index is 2.30. The maximum absolute atomic E-state index is 12.5. The third-order valence-corrected chi connectivity index (χ3v) is 4.59. The number of rotatable bonds is 6. The molecule has 1 unspecified atom stereocenters. The predicted octanol–water partition coefficient (Wildman–Crippen LogP) is 3.85. The Morgan fingerprint density at radius 1 is 1.23 bits per heavy atom. The number of imidazole rings is 1. The van der Waals surface area contributed by atoms with Gasteiger partial charge in [-0.2, -0.15) is 0 Å². The summed E-state index contributed by atoms with van der Waals surface area (Å²) in [6.07, 6.45) is 3.47. The number of aryl methyl sites for hydroxylation is 2. The van der Waals surface area contributed by atoms with Gasteiger partial charge in [0.25, 0.3) is 0 Å². The van der Waals surface area contributed by atoms with E-state index in [2.05, 4.69) is 0 Å². The number of carbonyl (C=O) groups excluding carboxylic acids is 2. The lowest BCUT2D eigenvalue weighted by molar-refractivity contribution is -0.142. The summed E-state index contributed by atoms with van der Waals surface area (Å²) in [7, 11) is 1.37. The van der Waals surface area contributed by atoms with Crippen LogP contribution in [0.2, 0.25) is 0 Å². The summed E-state index contributed by atoms with van der Waals surface area (Å²) < 4.78 is 6.99. The van der Waals surface area contributed by atoms with Crippen LogP contribution in [0.5, 0.6) is 0 Å². The third-order valence-electron chi connectivity index (χ3n) is 4.59. The van der Waals surface area contributed by atoms with Crippen molar-refractivity contribution in [3.05, 3.63) is 59.4 Å². The molecule has 3 aromatic rings. The van der Waals surface area contributed by atoms with Gasteiger partial charge in [0.15, 0.2) is 0 Å². The first-order valence-electron chi connectivity index (χ1n) is 8.63. The van der Waals surface area contributed by atoms with E-state index in [4.69, 9.17) is 9.72 Å². The van der Waals surface area contributed by atoms with E-state index in [0.717, 1.165) is 40.0 Å². The molecular formula is C21H22N2O3. The van der Waals surface area contributed by atoms with Gasteiger partial charge in [-0.05, 0) is 37.5 Å². The van der Waals surface area contributed by atoms with E-state index in [1.165, 1.54) is 7.11 Å². The Hall–Kier alpha value is -2.95. The van der Waals surface area contributed by atoms with E-state index in [0.29, 0.717) is 6.42 Å². The number of benzene rings is 1. The summed E-state index contributed by atoms with van der Waals surface area (Å²) in [6, 6.07) is 11.9. The number of fused-ring (bicyclic) bond motifs is 1. The number of hydrogen-bond acceptors (Lipinski definition) is 4. The molecule has 0 saturated carbocycles. The second-order valence-corrected chi connectivity index (χ2v) is 6.41. The number of pyridine rings is 1. The average molecular weight is 350 g/mol. The van der Waals surface area contributed by atoms with Gasteiger partial charge in [-0.1, -0.05) is 30.3 Å². The fourth-order valence-corrected chi connectivity index (χ4v) is 3.28. The Labute approximate surface area is 152 Å². The summed E-state index contributed by atoms with van der Waals surface area (Å²) in [5.74, 6) is -0.915. The molecule has 3 rings (SSSR count). The van der Waals surface area contributed by atoms with Gasteiger partial charge in [0, 0.05) is 18.2 Å². The minimum absolute atomic E-state index is 0.284. The highest BCUT2D eigenvalue weighted by Crippen LogP contribution is 2.34. The van der Waals surface area contributed by atoms with Crippen molar-refractivity contribution in [2.24, 2.45) is 0 Å². The normalized spacial score (nSPS) is 12.1. The topological polar surface area (TPSA) is 60.7 Å². The Morgan fingerprint density at radius 3 is 2.69 bits per heavy atom. The summed E-state index contributed by atoms with van der Waals surface area (Å²) in [5, 5.41) is 0. The van der Waals surface area contributed by atoms with Crippen molar-refractivity contribution in [1.29, 1.82) is 0 Å². The Morgan fingerprint density at radius 2 is 2.00 bits per heavy atom. The number of esters is 1. The van der Waals surface area contributed by atoms with E-state index in [1.807, 2.05) is 60.8 Å². The predicted molar refractivity (Wildman–Crippen MR) is 100 cm³/mol. The number of aldehydes is 1. The molecule has 1 aromatic carbocycles. The van der Waals surface area contributed by atoms with Crippen LogP contribution >= 0.6 is 0 Å². The van der Waals surface area contributed by atoms with Gasteiger partial charge in [0.1, 0.15) is 17.9 Å². The second-order valence-electron chi connectivity index (χ2n) is 6.41. The number of nitrogens with zero attached hydrogens (tertiary/aromatic N) is 2. The van der Waals surface area contributed by atoms with Gasteiger partial charge < -0.3 is 13.9 Å². The first kappa shape index (κ1) is 17.9. The molecule has 0 amide bonds. The quantitative estimate of drug-likeness (QED) is 0.500. The number of carbonyl (C=O) groups is 2. The van der Waals surface area contributed by atoms with Gasteiger partial charge in [0.05, 0.1) is 18.5 Å². The molecule has 134 valence electrons. The van der Waals surface area contributed by atoms with E-state index in [-0.39, 0.29) is 12.4 Å². The fourth-order valence-electron chi connectivity index (χ4n) is 3.28. The molecule has 26 heavy (non-hydrogen) atoms. The molecule has 0 saturated heterocycles. The number of methoxy groups -OCH3 is 1. The molecule has 0 aliphatic heterocycles. The summed E-state index contributed by atoms with van der Waals surface area (Å²) in [5.41, 5.74) is 5.41. The van der Waals surface area contributed by atoms with Crippen molar-refractivity contribution >= 4 is 17.9 Å². The lowest BCUT2D eigenvalue weighted by Gasteiger charge is -2.16. The zero-order valence-electron chi connectivity index (χ0n) is 15.2. The fraction of sp³-hybridized carbons (Fsp3) is 0.286. The molecule has 2 heterocycles. The smallest absolute Gasteiger partial charge is 0.314 e. The summed E-state index contributed by atoms with van der Waals surface area (Å²) >= 11 is 0. The van der Waals surface area contributed by atoms with Gasteiger partial charge >= 0.3 is 5.97 Å². The highest BCUT2D eigenvalue weighted by Gasteiger charge is 2.29. The van der Waals surface area contributed by atoms with Crippen LogP contribution in [0.15, 0.2) is 42.6 Å². The molecule has 0 radical (unpaired) electrons. The van der Waals surface area contributed by atoms with Gasteiger partial charge in [0.2, 0.25) is 0 Å². The van der Waals surface area contributed by atoms with Gasteiger partial charge in [-0.25, -0.2) is 4.98 Å². The molecule has 0 aliphatic rings. The lowest BCUT2D eigenvalue weighted by Crippen LogP contribution is -2.17. The zero-order valence-corrected chi connectivity index (χ0v) is 15.2. The number of hydrogen-bond donors (Lipinski definition) is 0. The van der Waals surface area contributed by atoms with Crippen LogP contribution < -0.4 is 0 Å². The van der Waals surface area contributed by atoms with E-state index < -0.39 is 5.92 Å². The average Bonchev–Trinajstić information content (AvgIpc) is 3.00. The molecule has 0 spiro atoms. The van der Waals surface area contributed by atoms with Crippen LogP contribution in [-0.2, 0) is 14.3 Å². The van der Waals surface area contributed by atoms with Crippen LogP contribution in [0.25, 0.3) is 16.9 Å². The maximum Gasteiger partial charge on any atom is 0.314 e. The van der Waals surface area contributed by atoms with Crippen molar-refractivity contribution in [2.45, 2.75) is 32.6 Å².